The highest BCUT2D eigenvalue weighted by atomic mass is 14.9. The molecule has 3 rings (SSSR count). The van der Waals surface area contributed by atoms with Crippen LogP contribution in [-0.2, 0) is 12.8 Å². The average Bonchev–Trinajstić information content (AvgIpc) is 2.82. The van der Waals surface area contributed by atoms with Gasteiger partial charge in [-0.1, -0.05) is 12.1 Å². The largest absolute Gasteiger partial charge is 0.398 e. The number of fused-ring (bicyclic) bond motifs is 1. The summed E-state index contributed by atoms with van der Waals surface area (Å²) in [5, 5.41) is 3.46. The Morgan fingerprint density at radius 3 is 2.78 bits per heavy atom. The summed E-state index contributed by atoms with van der Waals surface area (Å²) >= 11 is 0. The lowest BCUT2D eigenvalue weighted by molar-refractivity contribution is 0.912. The molecule has 3 N–H and O–H groups in total. The fraction of sp³-hybridized carbons (Fsp3) is 0.250. The molecular weight excluding hydrogens is 220 g/mol. The van der Waals surface area contributed by atoms with Crippen molar-refractivity contribution in [2.75, 3.05) is 11.1 Å². The molecule has 0 bridgehead atoms. The predicted molar refractivity (Wildman–Crippen MR) is 77.3 cm³/mol. The zero-order valence-corrected chi connectivity index (χ0v) is 10.7. The smallest absolute Gasteiger partial charge is 0.0434 e. The Bertz CT molecular complexity index is 588. The van der Waals surface area contributed by atoms with Gasteiger partial charge in [-0.3, -0.25) is 0 Å². The minimum atomic E-state index is 0.834. The number of nitrogen functional groups attached to an aromatic ring is 1. The first-order valence-electron chi connectivity index (χ1n) is 6.48. The van der Waals surface area contributed by atoms with Crippen LogP contribution in [0.4, 0.5) is 17.1 Å². The van der Waals surface area contributed by atoms with Crippen molar-refractivity contribution in [3.63, 3.8) is 0 Å². The molecule has 2 aromatic rings. The van der Waals surface area contributed by atoms with Gasteiger partial charge in [-0.15, -0.1) is 0 Å². The molecular formula is C16H18N2. The molecule has 0 amide bonds. The molecule has 92 valence electrons. The highest BCUT2D eigenvalue weighted by Gasteiger charge is 2.11. The normalized spacial score (nSPS) is 13.4. The summed E-state index contributed by atoms with van der Waals surface area (Å²) in [5.74, 6) is 0. The summed E-state index contributed by atoms with van der Waals surface area (Å²) in [7, 11) is 0. The van der Waals surface area contributed by atoms with E-state index in [-0.39, 0.29) is 0 Å². The first-order valence-corrected chi connectivity index (χ1v) is 6.48. The molecule has 0 aromatic heterocycles. The van der Waals surface area contributed by atoms with E-state index in [9.17, 15) is 0 Å². The molecule has 2 nitrogen and oxygen atoms in total. The minimum absolute atomic E-state index is 0.834. The maximum atomic E-state index is 5.92. The highest BCUT2D eigenvalue weighted by Crippen LogP contribution is 2.28. The lowest BCUT2D eigenvalue weighted by Gasteiger charge is -2.12. The number of rotatable bonds is 2. The van der Waals surface area contributed by atoms with E-state index in [1.54, 1.807) is 0 Å². The van der Waals surface area contributed by atoms with Gasteiger partial charge in [0.05, 0.1) is 0 Å². The Hall–Kier alpha value is -1.96. The van der Waals surface area contributed by atoms with Gasteiger partial charge in [-0.25, -0.2) is 0 Å². The van der Waals surface area contributed by atoms with Crippen LogP contribution in [0, 0.1) is 6.92 Å². The van der Waals surface area contributed by atoms with Crippen LogP contribution in [0.5, 0.6) is 0 Å². The summed E-state index contributed by atoms with van der Waals surface area (Å²) < 4.78 is 0. The van der Waals surface area contributed by atoms with Gasteiger partial charge in [0.15, 0.2) is 0 Å². The van der Waals surface area contributed by atoms with Gasteiger partial charge in [-0.2, -0.15) is 0 Å². The molecule has 0 atom stereocenters. The van der Waals surface area contributed by atoms with Crippen LogP contribution < -0.4 is 11.1 Å². The summed E-state index contributed by atoms with van der Waals surface area (Å²) in [5.41, 5.74) is 13.1. The molecule has 0 saturated carbocycles. The molecule has 0 unspecified atom stereocenters. The molecule has 18 heavy (non-hydrogen) atoms. The first-order chi connectivity index (χ1) is 8.74. The number of nitrogens with one attached hydrogen (secondary N) is 1. The van der Waals surface area contributed by atoms with Crippen LogP contribution in [0.1, 0.15) is 23.1 Å². The lowest BCUT2D eigenvalue weighted by Crippen LogP contribution is -1.97. The van der Waals surface area contributed by atoms with E-state index in [4.69, 9.17) is 5.73 Å². The molecule has 0 spiro atoms. The molecule has 2 heteroatoms. The van der Waals surface area contributed by atoms with E-state index in [1.807, 2.05) is 19.1 Å². The van der Waals surface area contributed by atoms with Gasteiger partial charge in [0.25, 0.3) is 0 Å². The van der Waals surface area contributed by atoms with Crippen molar-refractivity contribution in [1.29, 1.82) is 0 Å². The Morgan fingerprint density at radius 2 is 1.89 bits per heavy atom. The van der Waals surface area contributed by atoms with E-state index in [0.717, 1.165) is 22.6 Å². The van der Waals surface area contributed by atoms with Gasteiger partial charge in [0.2, 0.25) is 0 Å². The SMILES string of the molecule is Cc1c(N)cccc1Nc1ccc2c(c1)CCC2. The third-order valence-electron chi connectivity index (χ3n) is 3.75. The van der Waals surface area contributed by atoms with Gasteiger partial charge < -0.3 is 11.1 Å². The Labute approximate surface area is 108 Å². The summed E-state index contributed by atoms with van der Waals surface area (Å²) in [6, 6.07) is 12.7. The minimum Gasteiger partial charge on any atom is -0.398 e. The predicted octanol–water partition coefficient (Wildman–Crippen LogP) is 3.81. The topological polar surface area (TPSA) is 38.0 Å². The van der Waals surface area contributed by atoms with Crippen LogP contribution in [0.15, 0.2) is 36.4 Å². The molecule has 1 aliphatic rings. The van der Waals surface area contributed by atoms with Crippen molar-refractivity contribution in [2.24, 2.45) is 0 Å². The molecule has 2 aromatic carbocycles. The second-order valence-electron chi connectivity index (χ2n) is 4.98. The van der Waals surface area contributed by atoms with Crippen molar-refractivity contribution in [3.05, 3.63) is 53.1 Å². The maximum absolute atomic E-state index is 5.92. The van der Waals surface area contributed by atoms with Crippen LogP contribution in [0.25, 0.3) is 0 Å². The van der Waals surface area contributed by atoms with Crippen LogP contribution in [0.3, 0.4) is 0 Å². The molecule has 0 heterocycles. The number of hydrogen-bond acceptors (Lipinski definition) is 2. The van der Waals surface area contributed by atoms with Crippen molar-refractivity contribution < 1.29 is 0 Å². The monoisotopic (exact) mass is 238 g/mol. The summed E-state index contributed by atoms with van der Waals surface area (Å²) in [6.45, 7) is 2.05. The highest BCUT2D eigenvalue weighted by molar-refractivity contribution is 5.69. The Kier molecular flexibility index (Phi) is 2.71. The second kappa shape index (κ2) is 4.37. The van der Waals surface area contributed by atoms with Crippen molar-refractivity contribution in [3.8, 4) is 0 Å². The van der Waals surface area contributed by atoms with E-state index in [2.05, 4.69) is 29.6 Å². The van der Waals surface area contributed by atoms with Crippen LogP contribution in [-0.4, -0.2) is 0 Å². The van der Waals surface area contributed by atoms with Crippen molar-refractivity contribution in [2.45, 2.75) is 26.2 Å². The van der Waals surface area contributed by atoms with Crippen LogP contribution in [0.2, 0.25) is 0 Å². The lowest BCUT2D eigenvalue weighted by atomic mass is 10.1. The van der Waals surface area contributed by atoms with Gasteiger partial charge in [0, 0.05) is 17.1 Å². The van der Waals surface area contributed by atoms with Gasteiger partial charge in [-0.05, 0) is 67.1 Å². The molecule has 0 radical (unpaired) electrons. The number of hydrogen-bond donors (Lipinski definition) is 2. The van der Waals surface area contributed by atoms with Crippen LogP contribution >= 0.6 is 0 Å². The number of anilines is 3. The van der Waals surface area contributed by atoms with E-state index in [1.165, 1.54) is 30.4 Å². The summed E-state index contributed by atoms with van der Waals surface area (Å²) in [6.07, 6.45) is 3.73. The maximum Gasteiger partial charge on any atom is 0.0434 e. The number of benzene rings is 2. The Morgan fingerprint density at radius 1 is 1.06 bits per heavy atom. The van der Waals surface area contributed by atoms with E-state index in [0.29, 0.717) is 0 Å². The molecule has 1 aliphatic carbocycles. The van der Waals surface area contributed by atoms with Crippen molar-refractivity contribution >= 4 is 17.1 Å². The van der Waals surface area contributed by atoms with Gasteiger partial charge in [0.1, 0.15) is 0 Å². The van der Waals surface area contributed by atoms with Crippen molar-refractivity contribution in [1.82, 2.24) is 0 Å². The van der Waals surface area contributed by atoms with E-state index >= 15 is 0 Å². The average molecular weight is 238 g/mol. The van der Waals surface area contributed by atoms with E-state index < -0.39 is 0 Å². The first kappa shape index (κ1) is 11.1. The number of nitrogens with two attached hydrogens (primary N) is 1. The third kappa shape index (κ3) is 1.94. The molecule has 0 fully saturated rings. The molecule has 0 aliphatic heterocycles. The fourth-order valence-corrected chi connectivity index (χ4v) is 2.59. The molecule has 0 saturated heterocycles. The fourth-order valence-electron chi connectivity index (χ4n) is 2.59. The second-order valence-corrected chi connectivity index (χ2v) is 4.98. The summed E-state index contributed by atoms with van der Waals surface area (Å²) in [4.78, 5) is 0. The zero-order chi connectivity index (χ0) is 12.5. The zero-order valence-electron chi connectivity index (χ0n) is 10.7. The third-order valence-corrected chi connectivity index (χ3v) is 3.75. The van der Waals surface area contributed by atoms with Gasteiger partial charge >= 0.3 is 0 Å². The quantitative estimate of drug-likeness (QED) is 0.781. The Balaban J connectivity index is 1.90. The standard InChI is InChI=1S/C16H18N2/c1-11-15(17)6-3-7-16(11)18-14-9-8-12-4-2-5-13(12)10-14/h3,6-10,18H,2,4-5,17H2,1H3. The number of aryl methyl sites for hydroxylation is 2.